The molecule has 0 bridgehead atoms. The number of benzene rings is 1. The third-order valence-corrected chi connectivity index (χ3v) is 2.54. The predicted molar refractivity (Wildman–Crippen MR) is 69.5 cm³/mol. The minimum absolute atomic E-state index is 0.0357. The van der Waals surface area contributed by atoms with E-state index in [0.29, 0.717) is 0 Å². The van der Waals surface area contributed by atoms with Crippen molar-refractivity contribution >= 4 is 11.6 Å². The van der Waals surface area contributed by atoms with Crippen LogP contribution in [0.5, 0.6) is 5.75 Å². The van der Waals surface area contributed by atoms with Crippen molar-refractivity contribution in [2.45, 2.75) is 19.9 Å². The van der Waals surface area contributed by atoms with Gasteiger partial charge in [0.25, 0.3) is 0 Å². The van der Waals surface area contributed by atoms with Gasteiger partial charge in [-0.25, -0.2) is 0 Å². The van der Waals surface area contributed by atoms with E-state index in [9.17, 15) is 4.79 Å². The Balaban J connectivity index is 2.87. The number of hydrogen-bond acceptors (Lipinski definition) is 3. The maximum Gasteiger partial charge on any atom is 0.244 e. The number of carbonyl (C=O) groups excluding carboxylic acids is 1. The van der Waals surface area contributed by atoms with E-state index < -0.39 is 0 Å². The van der Waals surface area contributed by atoms with E-state index >= 15 is 0 Å². The highest BCUT2D eigenvalue weighted by molar-refractivity contribution is 5.84. The van der Waals surface area contributed by atoms with Crippen molar-refractivity contribution in [2.75, 3.05) is 26.5 Å². The van der Waals surface area contributed by atoms with Crippen molar-refractivity contribution in [1.29, 1.82) is 0 Å². The van der Waals surface area contributed by atoms with Gasteiger partial charge in [0, 0.05) is 14.1 Å². The summed E-state index contributed by atoms with van der Waals surface area (Å²) in [4.78, 5) is 13.3. The first kappa shape index (κ1) is 13.4. The molecular weight excluding hydrogens is 216 g/mol. The van der Waals surface area contributed by atoms with Crippen LogP contribution in [0.3, 0.4) is 0 Å². The van der Waals surface area contributed by atoms with E-state index in [-0.39, 0.29) is 11.9 Å². The van der Waals surface area contributed by atoms with Gasteiger partial charge in [0.05, 0.1) is 12.8 Å². The van der Waals surface area contributed by atoms with Crippen LogP contribution in [0.25, 0.3) is 0 Å². The third kappa shape index (κ3) is 3.37. The number of amides is 1. The highest BCUT2D eigenvalue weighted by Gasteiger charge is 2.16. The number of aryl methyl sites for hydroxylation is 1. The lowest BCUT2D eigenvalue weighted by atomic mass is 10.2. The van der Waals surface area contributed by atoms with Gasteiger partial charge in [0.1, 0.15) is 11.8 Å². The van der Waals surface area contributed by atoms with Crippen molar-refractivity contribution in [3.05, 3.63) is 23.8 Å². The number of nitrogens with zero attached hydrogens (tertiary/aromatic N) is 1. The van der Waals surface area contributed by atoms with Crippen molar-refractivity contribution in [2.24, 2.45) is 0 Å². The van der Waals surface area contributed by atoms with Gasteiger partial charge in [-0.1, -0.05) is 6.07 Å². The summed E-state index contributed by atoms with van der Waals surface area (Å²) < 4.78 is 5.25. The molecule has 1 unspecified atom stereocenters. The molecule has 1 aromatic rings. The van der Waals surface area contributed by atoms with Gasteiger partial charge in [0.15, 0.2) is 0 Å². The van der Waals surface area contributed by atoms with Crippen molar-refractivity contribution in [1.82, 2.24) is 4.90 Å². The second kappa shape index (κ2) is 5.57. The van der Waals surface area contributed by atoms with Crippen LogP contribution in [0.4, 0.5) is 5.69 Å². The molecule has 0 saturated heterocycles. The zero-order valence-electron chi connectivity index (χ0n) is 11.1. The molecule has 1 amide bonds. The number of ether oxygens (including phenoxy) is 1. The van der Waals surface area contributed by atoms with Crippen molar-refractivity contribution < 1.29 is 9.53 Å². The number of nitrogens with one attached hydrogen (secondary N) is 1. The molecule has 1 aromatic carbocycles. The molecule has 0 aromatic heterocycles. The molecule has 0 spiro atoms. The summed E-state index contributed by atoms with van der Waals surface area (Å²) in [6.07, 6.45) is 0. The molecule has 0 saturated carbocycles. The Morgan fingerprint density at radius 1 is 1.41 bits per heavy atom. The van der Waals surface area contributed by atoms with Gasteiger partial charge < -0.3 is 15.0 Å². The fourth-order valence-corrected chi connectivity index (χ4v) is 1.62. The van der Waals surface area contributed by atoms with Gasteiger partial charge in [-0.05, 0) is 31.5 Å². The number of rotatable bonds is 4. The molecule has 4 heteroatoms. The van der Waals surface area contributed by atoms with Crippen LogP contribution in [-0.4, -0.2) is 38.1 Å². The lowest BCUT2D eigenvalue weighted by Crippen LogP contribution is -2.36. The number of hydrogen-bond donors (Lipinski definition) is 1. The van der Waals surface area contributed by atoms with E-state index in [1.165, 1.54) is 0 Å². The fraction of sp³-hybridized carbons (Fsp3) is 0.462. The Hall–Kier alpha value is -1.71. The summed E-state index contributed by atoms with van der Waals surface area (Å²) in [5.41, 5.74) is 1.97. The molecule has 0 radical (unpaired) electrons. The minimum Gasteiger partial charge on any atom is -0.495 e. The van der Waals surface area contributed by atoms with E-state index in [4.69, 9.17) is 4.74 Å². The van der Waals surface area contributed by atoms with Crippen molar-refractivity contribution in [3.63, 3.8) is 0 Å². The average Bonchev–Trinajstić information content (AvgIpc) is 2.28. The molecule has 1 atom stereocenters. The summed E-state index contributed by atoms with van der Waals surface area (Å²) in [6, 6.07) is 5.56. The van der Waals surface area contributed by atoms with E-state index in [1.54, 1.807) is 26.1 Å². The van der Waals surface area contributed by atoms with Crippen LogP contribution < -0.4 is 10.1 Å². The molecule has 1 N–H and O–H groups in total. The largest absolute Gasteiger partial charge is 0.495 e. The van der Waals surface area contributed by atoms with Crippen LogP contribution in [0.2, 0.25) is 0 Å². The summed E-state index contributed by atoms with van der Waals surface area (Å²) in [6.45, 7) is 3.84. The highest BCUT2D eigenvalue weighted by Crippen LogP contribution is 2.25. The zero-order valence-corrected chi connectivity index (χ0v) is 11.1. The number of carbonyl (C=O) groups is 1. The predicted octanol–water partition coefficient (Wildman–Crippen LogP) is 1.89. The van der Waals surface area contributed by atoms with Gasteiger partial charge in [0.2, 0.25) is 5.91 Å². The van der Waals surface area contributed by atoms with Gasteiger partial charge in [-0.2, -0.15) is 0 Å². The van der Waals surface area contributed by atoms with Gasteiger partial charge >= 0.3 is 0 Å². The molecule has 1 rings (SSSR count). The lowest BCUT2D eigenvalue weighted by Gasteiger charge is -2.20. The average molecular weight is 236 g/mol. The zero-order chi connectivity index (χ0) is 13.0. The van der Waals surface area contributed by atoms with Crippen LogP contribution in [-0.2, 0) is 4.79 Å². The van der Waals surface area contributed by atoms with E-state index in [0.717, 1.165) is 17.0 Å². The quantitative estimate of drug-likeness (QED) is 0.868. The molecule has 17 heavy (non-hydrogen) atoms. The summed E-state index contributed by atoms with van der Waals surface area (Å²) in [5.74, 6) is 0.780. The van der Waals surface area contributed by atoms with Crippen LogP contribution in [0, 0.1) is 6.92 Å². The number of methoxy groups -OCH3 is 1. The maximum atomic E-state index is 11.8. The molecule has 0 heterocycles. The molecule has 4 nitrogen and oxygen atoms in total. The third-order valence-electron chi connectivity index (χ3n) is 2.54. The lowest BCUT2D eigenvalue weighted by molar-refractivity contribution is -0.129. The Bertz CT molecular complexity index is 402. The number of anilines is 1. The first-order valence-electron chi connectivity index (χ1n) is 5.58. The van der Waals surface area contributed by atoms with Gasteiger partial charge in [-0.15, -0.1) is 0 Å². The molecule has 0 aliphatic rings. The van der Waals surface area contributed by atoms with Crippen molar-refractivity contribution in [3.8, 4) is 5.75 Å². The van der Waals surface area contributed by atoms with Crippen LogP contribution in [0.1, 0.15) is 12.5 Å². The Morgan fingerprint density at radius 2 is 2.06 bits per heavy atom. The molecule has 0 aliphatic carbocycles. The summed E-state index contributed by atoms with van der Waals surface area (Å²) in [7, 11) is 5.11. The smallest absolute Gasteiger partial charge is 0.244 e. The van der Waals surface area contributed by atoms with Crippen LogP contribution >= 0.6 is 0 Å². The SMILES string of the molecule is COc1ccc(C)cc1NC(C)C(=O)N(C)C. The first-order valence-corrected chi connectivity index (χ1v) is 5.58. The molecular formula is C13H20N2O2. The second-order valence-electron chi connectivity index (χ2n) is 4.30. The Morgan fingerprint density at radius 3 is 2.59 bits per heavy atom. The standard InChI is InChI=1S/C13H20N2O2/c1-9-6-7-12(17-5)11(8-9)14-10(2)13(16)15(3)4/h6-8,10,14H,1-5H3. The molecule has 0 aliphatic heterocycles. The maximum absolute atomic E-state index is 11.8. The topological polar surface area (TPSA) is 41.6 Å². The minimum atomic E-state index is -0.277. The summed E-state index contributed by atoms with van der Waals surface area (Å²) >= 11 is 0. The van der Waals surface area contributed by atoms with E-state index in [2.05, 4.69) is 5.32 Å². The normalized spacial score (nSPS) is 11.8. The fourth-order valence-electron chi connectivity index (χ4n) is 1.62. The Labute approximate surface area is 103 Å². The monoisotopic (exact) mass is 236 g/mol. The van der Waals surface area contributed by atoms with E-state index in [1.807, 2.05) is 32.0 Å². The highest BCUT2D eigenvalue weighted by atomic mass is 16.5. The Kier molecular flexibility index (Phi) is 4.37. The summed E-state index contributed by atoms with van der Waals surface area (Å²) in [5, 5.41) is 3.17. The first-order chi connectivity index (χ1) is 7.95. The van der Waals surface area contributed by atoms with Gasteiger partial charge in [-0.3, -0.25) is 4.79 Å². The molecule has 0 fully saturated rings. The second-order valence-corrected chi connectivity index (χ2v) is 4.30. The number of likely N-dealkylation sites (N-methyl/N-ethyl adjacent to an activating group) is 1. The molecule has 94 valence electrons. The van der Waals surface area contributed by atoms with Crippen LogP contribution in [0.15, 0.2) is 18.2 Å².